The molecular weight excluding hydrogens is 314 g/mol. The van der Waals surface area contributed by atoms with E-state index in [0.29, 0.717) is 11.6 Å². The predicted octanol–water partition coefficient (Wildman–Crippen LogP) is 4.05. The number of rotatable bonds is 6. The van der Waals surface area contributed by atoms with Crippen LogP contribution in [0.4, 0.5) is 11.4 Å². The lowest BCUT2D eigenvalue weighted by molar-refractivity contribution is 0.102. The molecule has 1 unspecified atom stereocenters. The zero-order valence-corrected chi connectivity index (χ0v) is 14.8. The third-order valence-corrected chi connectivity index (χ3v) is 4.39. The highest BCUT2D eigenvalue weighted by atomic mass is 16.5. The van der Waals surface area contributed by atoms with Gasteiger partial charge in [-0.2, -0.15) is 0 Å². The predicted molar refractivity (Wildman–Crippen MR) is 100 cm³/mol. The minimum Gasteiger partial charge on any atom is -0.381 e. The summed E-state index contributed by atoms with van der Waals surface area (Å²) in [5.74, 6) is 0.268. The number of amides is 1. The number of hydrogen-bond acceptors (Lipinski definition) is 4. The SMILES string of the molecule is CC(C)c1ccc(NC(=O)c2ccc(NCC3CCCO3)cn2)cc1. The number of benzene rings is 1. The monoisotopic (exact) mass is 339 g/mol. The van der Waals surface area contributed by atoms with Gasteiger partial charge in [-0.1, -0.05) is 26.0 Å². The second-order valence-electron chi connectivity index (χ2n) is 6.68. The van der Waals surface area contributed by atoms with Crippen LogP contribution in [0.3, 0.4) is 0 Å². The van der Waals surface area contributed by atoms with Gasteiger partial charge in [-0.3, -0.25) is 4.79 Å². The van der Waals surface area contributed by atoms with E-state index in [9.17, 15) is 4.79 Å². The number of pyridine rings is 1. The number of carbonyl (C=O) groups excluding carboxylic acids is 1. The minimum absolute atomic E-state index is 0.206. The number of hydrogen-bond donors (Lipinski definition) is 2. The molecule has 2 heterocycles. The molecule has 132 valence electrons. The molecular formula is C20H25N3O2. The van der Waals surface area contributed by atoms with Crippen LogP contribution in [-0.2, 0) is 4.74 Å². The average molecular weight is 339 g/mol. The van der Waals surface area contributed by atoms with Crippen LogP contribution in [0.15, 0.2) is 42.6 Å². The van der Waals surface area contributed by atoms with Crippen molar-refractivity contribution in [3.63, 3.8) is 0 Å². The van der Waals surface area contributed by atoms with Crippen LogP contribution in [0.25, 0.3) is 0 Å². The molecule has 0 radical (unpaired) electrons. The Morgan fingerprint density at radius 3 is 2.56 bits per heavy atom. The van der Waals surface area contributed by atoms with Gasteiger partial charge in [0.15, 0.2) is 0 Å². The van der Waals surface area contributed by atoms with Crippen molar-refractivity contribution in [2.45, 2.75) is 38.7 Å². The first kappa shape index (κ1) is 17.4. The molecule has 0 spiro atoms. The number of nitrogens with one attached hydrogen (secondary N) is 2. The highest BCUT2D eigenvalue weighted by Crippen LogP contribution is 2.18. The van der Waals surface area contributed by atoms with E-state index in [1.54, 1.807) is 12.3 Å². The molecule has 25 heavy (non-hydrogen) atoms. The van der Waals surface area contributed by atoms with Gasteiger partial charge >= 0.3 is 0 Å². The molecule has 1 atom stereocenters. The Labute approximate surface area is 148 Å². The molecule has 2 N–H and O–H groups in total. The number of ether oxygens (including phenoxy) is 1. The van der Waals surface area contributed by atoms with Crippen molar-refractivity contribution in [3.8, 4) is 0 Å². The van der Waals surface area contributed by atoms with Crippen molar-refractivity contribution in [2.24, 2.45) is 0 Å². The molecule has 1 saturated heterocycles. The van der Waals surface area contributed by atoms with Crippen molar-refractivity contribution >= 4 is 17.3 Å². The topological polar surface area (TPSA) is 63.2 Å². The smallest absolute Gasteiger partial charge is 0.274 e. The Kier molecular flexibility index (Phi) is 5.66. The Balaban J connectivity index is 1.54. The molecule has 1 aliphatic heterocycles. The maximum absolute atomic E-state index is 12.3. The molecule has 0 bridgehead atoms. The Morgan fingerprint density at radius 2 is 1.96 bits per heavy atom. The van der Waals surface area contributed by atoms with Crippen LogP contribution in [0.2, 0.25) is 0 Å². The highest BCUT2D eigenvalue weighted by Gasteiger charge is 2.15. The van der Waals surface area contributed by atoms with E-state index in [-0.39, 0.29) is 12.0 Å². The van der Waals surface area contributed by atoms with E-state index in [0.717, 1.165) is 37.4 Å². The molecule has 1 aliphatic rings. The number of aromatic nitrogens is 1. The van der Waals surface area contributed by atoms with Crippen LogP contribution < -0.4 is 10.6 Å². The fraction of sp³-hybridized carbons (Fsp3) is 0.400. The Hall–Kier alpha value is -2.40. The highest BCUT2D eigenvalue weighted by molar-refractivity contribution is 6.02. The van der Waals surface area contributed by atoms with Crippen LogP contribution in [0.1, 0.15) is 48.7 Å². The van der Waals surface area contributed by atoms with E-state index < -0.39 is 0 Å². The second kappa shape index (κ2) is 8.12. The summed E-state index contributed by atoms with van der Waals surface area (Å²) in [6.45, 7) is 5.91. The fourth-order valence-electron chi connectivity index (χ4n) is 2.82. The maximum atomic E-state index is 12.3. The summed E-state index contributed by atoms with van der Waals surface area (Å²) in [6.07, 6.45) is 4.18. The van der Waals surface area contributed by atoms with E-state index in [2.05, 4.69) is 29.5 Å². The van der Waals surface area contributed by atoms with Gasteiger partial charge in [0, 0.05) is 18.8 Å². The lowest BCUT2D eigenvalue weighted by Crippen LogP contribution is -2.19. The summed E-state index contributed by atoms with van der Waals surface area (Å²) in [5, 5.41) is 6.18. The molecule has 2 aromatic rings. The molecule has 1 fully saturated rings. The summed E-state index contributed by atoms with van der Waals surface area (Å²) in [6, 6.07) is 11.5. The summed E-state index contributed by atoms with van der Waals surface area (Å²) in [5.41, 5.74) is 3.32. The normalized spacial score (nSPS) is 16.8. The first-order chi connectivity index (χ1) is 12.1. The molecule has 5 heteroatoms. The first-order valence-electron chi connectivity index (χ1n) is 8.84. The van der Waals surface area contributed by atoms with Gasteiger partial charge in [0.25, 0.3) is 5.91 Å². The van der Waals surface area contributed by atoms with Gasteiger partial charge in [0.2, 0.25) is 0 Å². The molecule has 3 rings (SSSR count). The maximum Gasteiger partial charge on any atom is 0.274 e. The van der Waals surface area contributed by atoms with Crippen molar-refractivity contribution < 1.29 is 9.53 Å². The largest absolute Gasteiger partial charge is 0.381 e. The summed E-state index contributed by atoms with van der Waals surface area (Å²) >= 11 is 0. The summed E-state index contributed by atoms with van der Waals surface area (Å²) in [4.78, 5) is 16.5. The Morgan fingerprint density at radius 1 is 1.20 bits per heavy atom. The van der Waals surface area contributed by atoms with Crippen LogP contribution in [0, 0.1) is 0 Å². The second-order valence-corrected chi connectivity index (χ2v) is 6.68. The van der Waals surface area contributed by atoms with Crippen LogP contribution in [0.5, 0.6) is 0 Å². The number of carbonyl (C=O) groups is 1. The van der Waals surface area contributed by atoms with Crippen molar-refractivity contribution in [2.75, 3.05) is 23.8 Å². The van der Waals surface area contributed by atoms with Gasteiger partial charge in [-0.15, -0.1) is 0 Å². The lowest BCUT2D eigenvalue weighted by Gasteiger charge is -2.12. The average Bonchev–Trinajstić information content (AvgIpc) is 3.14. The van der Waals surface area contributed by atoms with Crippen molar-refractivity contribution in [1.29, 1.82) is 0 Å². The molecule has 5 nitrogen and oxygen atoms in total. The zero-order chi connectivity index (χ0) is 17.6. The molecule has 1 aromatic carbocycles. The molecule has 0 saturated carbocycles. The fourth-order valence-corrected chi connectivity index (χ4v) is 2.82. The standard InChI is InChI=1S/C20H25N3O2/c1-14(2)15-5-7-16(8-6-15)23-20(24)19-10-9-17(12-22-19)21-13-18-4-3-11-25-18/h5-10,12,14,18,21H,3-4,11,13H2,1-2H3,(H,23,24). The van der Waals surface area contributed by atoms with Gasteiger partial charge in [0.1, 0.15) is 5.69 Å². The lowest BCUT2D eigenvalue weighted by atomic mass is 10.0. The van der Waals surface area contributed by atoms with Crippen LogP contribution >= 0.6 is 0 Å². The van der Waals surface area contributed by atoms with E-state index in [1.165, 1.54) is 5.56 Å². The molecule has 1 aromatic heterocycles. The summed E-state index contributed by atoms with van der Waals surface area (Å²) in [7, 11) is 0. The third-order valence-electron chi connectivity index (χ3n) is 4.39. The molecule has 0 aliphatic carbocycles. The number of anilines is 2. The van der Waals surface area contributed by atoms with E-state index >= 15 is 0 Å². The Bertz CT molecular complexity index is 690. The molecule has 1 amide bonds. The first-order valence-corrected chi connectivity index (χ1v) is 8.84. The quantitative estimate of drug-likeness (QED) is 0.833. The van der Waals surface area contributed by atoms with Gasteiger partial charge < -0.3 is 15.4 Å². The minimum atomic E-state index is -0.206. The van der Waals surface area contributed by atoms with Gasteiger partial charge in [0.05, 0.1) is 18.0 Å². The summed E-state index contributed by atoms with van der Waals surface area (Å²) < 4.78 is 5.58. The van der Waals surface area contributed by atoms with Crippen LogP contribution in [-0.4, -0.2) is 30.1 Å². The van der Waals surface area contributed by atoms with Gasteiger partial charge in [-0.05, 0) is 48.6 Å². The van der Waals surface area contributed by atoms with Gasteiger partial charge in [-0.25, -0.2) is 4.98 Å². The van der Waals surface area contributed by atoms with E-state index in [4.69, 9.17) is 4.74 Å². The third kappa shape index (κ3) is 4.79. The zero-order valence-electron chi connectivity index (χ0n) is 14.8. The van der Waals surface area contributed by atoms with E-state index in [1.807, 2.05) is 30.3 Å². The number of nitrogens with zero attached hydrogens (tertiary/aromatic N) is 1. The van der Waals surface area contributed by atoms with Crippen molar-refractivity contribution in [3.05, 3.63) is 53.9 Å². The van der Waals surface area contributed by atoms with Crippen molar-refractivity contribution in [1.82, 2.24) is 4.98 Å².